The van der Waals surface area contributed by atoms with Crippen molar-refractivity contribution >= 4 is 52.1 Å². The molecule has 0 spiro atoms. The number of hydrogen-bond donors (Lipinski definition) is 0. The standard InChI is InChI=1S/C21H17ClINO4/c1-3-9-27-18-8-5-13(11-19(18)26-4-2)10-17-21(25)28-20(24-17)15-12-14(23)6-7-16(15)22/h3,5-8,10-12H,1,4,9H2,2H3/b17-10+. The number of cyclic esters (lactones) is 1. The minimum atomic E-state index is -0.533. The van der Waals surface area contributed by atoms with E-state index in [1.807, 2.05) is 25.1 Å². The van der Waals surface area contributed by atoms with Gasteiger partial charge in [0.15, 0.2) is 17.2 Å². The topological polar surface area (TPSA) is 57.1 Å². The van der Waals surface area contributed by atoms with Crippen molar-refractivity contribution in [3.8, 4) is 11.5 Å². The van der Waals surface area contributed by atoms with Crippen LogP contribution in [-0.4, -0.2) is 25.1 Å². The highest BCUT2D eigenvalue weighted by molar-refractivity contribution is 14.1. The molecule has 1 aliphatic heterocycles. The number of halogens is 2. The molecule has 0 saturated heterocycles. The molecule has 0 aromatic heterocycles. The summed E-state index contributed by atoms with van der Waals surface area (Å²) in [7, 11) is 0. The van der Waals surface area contributed by atoms with Gasteiger partial charge in [-0.2, -0.15) is 0 Å². The maximum Gasteiger partial charge on any atom is 0.363 e. The molecule has 1 heterocycles. The van der Waals surface area contributed by atoms with Crippen molar-refractivity contribution in [3.63, 3.8) is 0 Å². The van der Waals surface area contributed by atoms with Crippen LogP contribution in [0, 0.1) is 3.57 Å². The minimum Gasteiger partial charge on any atom is -0.490 e. The number of rotatable bonds is 7. The van der Waals surface area contributed by atoms with E-state index in [0.717, 1.165) is 9.13 Å². The summed E-state index contributed by atoms with van der Waals surface area (Å²) in [4.78, 5) is 16.6. The number of ether oxygens (including phenoxy) is 3. The molecule has 2 aromatic carbocycles. The predicted molar refractivity (Wildman–Crippen MR) is 118 cm³/mol. The third kappa shape index (κ3) is 4.74. The van der Waals surface area contributed by atoms with Crippen LogP contribution in [0.1, 0.15) is 18.1 Å². The van der Waals surface area contributed by atoms with Gasteiger partial charge in [0, 0.05) is 3.57 Å². The summed E-state index contributed by atoms with van der Waals surface area (Å²) in [6.07, 6.45) is 3.29. The van der Waals surface area contributed by atoms with E-state index in [9.17, 15) is 4.79 Å². The molecular formula is C21H17ClINO4. The second kappa shape index (κ2) is 9.25. The SMILES string of the molecule is C=CCOc1ccc(/C=C2/N=C(c3cc(I)ccc3Cl)OC2=O)cc1OCC. The van der Waals surface area contributed by atoms with Crippen LogP contribution >= 0.6 is 34.2 Å². The molecule has 7 heteroatoms. The van der Waals surface area contributed by atoms with Gasteiger partial charge >= 0.3 is 5.97 Å². The van der Waals surface area contributed by atoms with Gasteiger partial charge in [0.05, 0.1) is 17.2 Å². The maximum atomic E-state index is 12.3. The van der Waals surface area contributed by atoms with Crippen LogP contribution in [0.25, 0.3) is 6.08 Å². The Morgan fingerprint density at radius 1 is 1.21 bits per heavy atom. The number of nitrogens with zero attached hydrogens (tertiary/aromatic N) is 1. The Kier molecular flexibility index (Phi) is 6.74. The van der Waals surface area contributed by atoms with E-state index in [1.165, 1.54) is 0 Å². The first kappa shape index (κ1) is 20.4. The van der Waals surface area contributed by atoms with E-state index in [-0.39, 0.29) is 11.6 Å². The Labute approximate surface area is 181 Å². The number of esters is 1. The van der Waals surface area contributed by atoms with Crippen molar-refractivity contribution in [2.45, 2.75) is 6.92 Å². The van der Waals surface area contributed by atoms with Gasteiger partial charge in [-0.1, -0.05) is 30.3 Å². The van der Waals surface area contributed by atoms with Gasteiger partial charge < -0.3 is 14.2 Å². The Hall–Kier alpha value is -2.32. The zero-order chi connectivity index (χ0) is 20.1. The van der Waals surface area contributed by atoms with Crippen molar-refractivity contribution in [3.05, 3.63) is 74.5 Å². The van der Waals surface area contributed by atoms with Gasteiger partial charge in [-0.25, -0.2) is 9.79 Å². The van der Waals surface area contributed by atoms with E-state index in [1.54, 1.807) is 30.4 Å². The number of aliphatic imine (C=N–C) groups is 1. The molecule has 0 amide bonds. The summed E-state index contributed by atoms with van der Waals surface area (Å²) in [6, 6.07) is 10.8. The molecule has 1 aliphatic rings. The van der Waals surface area contributed by atoms with Gasteiger partial charge in [-0.15, -0.1) is 0 Å². The minimum absolute atomic E-state index is 0.187. The van der Waals surface area contributed by atoms with E-state index in [2.05, 4.69) is 34.2 Å². The first-order valence-electron chi connectivity index (χ1n) is 8.50. The Morgan fingerprint density at radius 2 is 2.04 bits per heavy atom. The van der Waals surface area contributed by atoms with Gasteiger partial charge in [0.1, 0.15) is 6.61 Å². The average Bonchev–Trinajstić information content (AvgIpc) is 3.03. The van der Waals surface area contributed by atoms with Crippen LogP contribution in [0.2, 0.25) is 5.02 Å². The van der Waals surface area contributed by atoms with Crippen LogP contribution in [0.3, 0.4) is 0 Å². The Balaban J connectivity index is 1.93. The zero-order valence-corrected chi connectivity index (χ0v) is 18.0. The average molecular weight is 510 g/mol. The van der Waals surface area contributed by atoms with E-state index in [0.29, 0.717) is 35.3 Å². The van der Waals surface area contributed by atoms with Crippen molar-refractivity contribution in [2.75, 3.05) is 13.2 Å². The van der Waals surface area contributed by atoms with Crippen molar-refractivity contribution in [1.29, 1.82) is 0 Å². The summed E-state index contributed by atoms with van der Waals surface area (Å²) in [5.41, 5.74) is 1.50. The lowest BCUT2D eigenvalue weighted by Gasteiger charge is -2.11. The number of carbonyl (C=O) groups is 1. The van der Waals surface area contributed by atoms with Crippen molar-refractivity contribution in [2.24, 2.45) is 4.99 Å². The highest BCUT2D eigenvalue weighted by Crippen LogP contribution is 2.31. The molecule has 144 valence electrons. The van der Waals surface area contributed by atoms with Crippen LogP contribution in [0.4, 0.5) is 0 Å². The van der Waals surface area contributed by atoms with Gasteiger partial charge in [0.2, 0.25) is 5.90 Å². The number of benzene rings is 2. The first-order valence-corrected chi connectivity index (χ1v) is 9.96. The van der Waals surface area contributed by atoms with Crippen molar-refractivity contribution in [1.82, 2.24) is 0 Å². The molecule has 2 aromatic rings. The lowest BCUT2D eigenvalue weighted by molar-refractivity contribution is -0.129. The lowest BCUT2D eigenvalue weighted by Crippen LogP contribution is -2.06. The maximum absolute atomic E-state index is 12.3. The molecule has 0 bridgehead atoms. The summed E-state index contributed by atoms with van der Waals surface area (Å²) >= 11 is 8.37. The highest BCUT2D eigenvalue weighted by atomic mass is 127. The molecule has 0 fully saturated rings. The first-order chi connectivity index (χ1) is 13.5. The molecule has 0 saturated carbocycles. The van der Waals surface area contributed by atoms with Crippen LogP contribution in [0.5, 0.6) is 11.5 Å². The molecule has 0 unspecified atom stereocenters. The fourth-order valence-electron chi connectivity index (χ4n) is 2.49. The quantitative estimate of drug-likeness (QED) is 0.221. The van der Waals surface area contributed by atoms with Gasteiger partial charge in [-0.3, -0.25) is 0 Å². The molecule has 0 atom stereocenters. The predicted octanol–water partition coefficient (Wildman–Crippen LogP) is 5.25. The smallest absolute Gasteiger partial charge is 0.363 e. The van der Waals surface area contributed by atoms with Crippen LogP contribution in [0.15, 0.2) is 59.7 Å². The van der Waals surface area contributed by atoms with E-state index < -0.39 is 5.97 Å². The Bertz CT molecular complexity index is 984. The number of hydrogen-bond acceptors (Lipinski definition) is 5. The molecular weight excluding hydrogens is 493 g/mol. The molecule has 3 rings (SSSR count). The fraction of sp³-hybridized carbons (Fsp3) is 0.143. The zero-order valence-electron chi connectivity index (χ0n) is 15.1. The third-order valence-corrected chi connectivity index (χ3v) is 4.71. The van der Waals surface area contributed by atoms with Crippen LogP contribution < -0.4 is 9.47 Å². The van der Waals surface area contributed by atoms with Gasteiger partial charge in [0.25, 0.3) is 0 Å². The molecule has 0 aliphatic carbocycles. The second-order valence-corrected chi connectivity index (χ2v) is 7.35. The normalized spacial score (nSPS) is 14.6. The van der Waals surface area contributed by atoms with E-state index in [4.69, 9.17) is 25.8 Å². The second-order valence-electron chi connectivity index (χ2n) is 5.70. The largest absolute Gasteiger partial charge is 0.490 e. The van der Waals surface area contributed by atoms with Crippen molar-refractivity contribution < 1.29 is 19.0 Å². The lowest BCUT2D eigenvalue weighted by atomic mass is 10.1. The van der Waals surface area contributed by atoms with E-state index >= 15 is 0 Å². The summed E-state index contributed by atoms with van der Waals surface area (Å²) < 4.78 is 17.5. The van der Waals surface area contributed by atoms with Crippen LogP contribution in [-0.2, 0) is 9.53 Å². The summed E-state index contributed by atoms with van der Waals surface area (Å²) in [6.45, 7) is 6.38. The molecule has 0 radical (unpaired) electrons. The number of carbonyl (C=O) groups excluding carboxylic acids is 1. The Morgan fingerprint density at radius 3 is 2.79 bits per heavy atom. The third-order valence-electron chi connectivity index (χ3n) is 3.71. The fourth-order valence-corrected chi connectivity index (χ4v) is 3.18. The summed E-state index contributed by atoms with van der Waals surface area (Å²) in [5.74, 6) is 0.841. The monoisotopic (exact) mass is 509 g/mol. The van der Waals surface area contributed by atoms with Gasteiger partial charge in [-0.05, 0) is 71.5 Å². The summed E-state index contributed by atoms with van der Waals surface area (Å²) in [5, 5.41) is 0.468. The molecule has 28 heavy (non-hydrogen) atoms. The molecule has 5 nitrogen and oxygen atoms in total. The highest BCUT2D eigenvalue weighted by Gasteiger charge is 2.26. The molecule has 0 N–H and O–H groups in total.